The number of hydrogen-bond acceptors (Lipinski definition) is 6. The second-order valence-electron chi connectivity index (χ2n) is 8.99. The topological polar surface area (TPSA) is 102 Å². The standard InChI is InChI=1S/C26H24F3N5O3/c1-15-3-2-4-17(13-15)24-33-22-20(34(24)14-16-5-7-18(8-6-16)26(27,28)29)21(31-23(32-22)25(35)36)30-19-9-11-37-12-10-19/h2-8,13,19H,9-12,14H2,1H3,(H,35,36)(H,30,31,32). The van der Waals surface area contributed by atoms with Gasteiger partial charge in [-0.25, -0.2) is 19.7 Å². The second-order valence-corrected chi connectivity index (χ2v) is 8.99. The predicted octanol–water partition coefficient (Wildman–Crippen LogP) is 5.16. The zero-order chi connectivity index (χ0) is 26.2. The number of aryl methyl sites for hydroxylation is 1. The summed E-state index contributed by atoms with van der Waals surface area (Å²) >= 11 is 0. The Labute approximate surface area is 210 Å². The molecule has 1 aliphatic heterocycles. The van der Waals surface area contributed by atoms with Gasteiger partial charge in [0.2, 0.25) is 5.82 Å². The summed E-state index contributed by atoms with van der Waals surface area (Å²) in [6.45, 7) is 3.25. The molecule has 0 spiro atoms. The molecule has 0 amide bonds. The van der Waals surface area contributed by atoms with E-state index in [9.17, 15) is 23.1 Å². The number of nitrogens with one attached hydrogen (secondary N) is 1. The molecule has 0 aliphatic carbocycles. The normalized spacial score (nSPS) is 14.7. The highest BCUT2D eigenvalue weighted by molar-refractivity contribution is 5.92. The lowest BCUT2D eigenvalue weighted by Crippen LogP contribution is -2.29. The summed E-state index contributed by atoms with van der Waals surface area (Å²) in [6, 6.07) is 12.6. The van der Waals surface area contributed by atoms with Gasteiger partial charge < -0.3 is 19.7 Å². The van der Waals surface area contributed by atoms with Crippen LogP contribution in [0.5, 0.6) is 0 Å². The Bertz CT molecular complexity index is 1440. The lowest BCUT2D eigenvalue weighted by molar-refractivity contribution is -0.137. The number of fused-ring (bicyclic) bond motifs is 1. The van der Waals surface area contributed by atoms with Crippen LogP contribution in [0.15, 0.2) is 48.5 Å². The van der Waals surface area contributed by atoms with Crippen molar-refractivity contribution in [2.75, 3.05) is 18.5 Å². The van der Waals surface area contributed by atoms with Gasteiger partial charge in [0.25, 0.3) is 0 Å². The Balaban J connectivity index is 1.68. The summed E-state index contributed by atoms with van der Waals surface area (Å²) in [4.78, 5) is 25.0. The second kappa shape index (κ2) is 9.81. The van der Waals surface area contributed by atoms with Gasteiger partial charge in [0.05, 0.1) is 5.56 Å². The van der Waals surface area contributed by atoms with E-state index in [1.54, 1.807) is 0 Å². The highest BCUT2D eigenvalue weighted by atomic mass is 19.4. The minimum absolute atomic E-state index is 0.00494. The van der Waals surface area contributed by atoms with Crippen LogP contribution in [0.4, 0.5) is 19.0 Å². The molecule has 11 heteroatoms. The third-order valence-corrected chi connectivity index (χ3v) is 6.25. The summed E-state index contributed by atoms with van der Waals surface area (Å²) in [6.07, 6.45) is -3.01. The molecule has 1 saturated heterocycles. The quantitative estimate of drug-likeness (QED) is 0.369. The van der Waals surface area contributed by atoms with Gasteiger partial charge in [0, 0.05) is 31.4 Å². The zero-order valence-corrected chi connectivity index (χ0v) is 19.9. The van der Waals surface area contributed by atoms with E-state index in [2.05, 4.69) is 20.3 Å². The van der Waals surface area contributed by atoms with Crippen molar-refractivity contribution < 1.29 is 27.8 Å². The SMILES string of the molecule is Cc1cccc(-c2nc3nc(C(=O)O)nc(NC4CCOCC4)c3n2Cc2ccc(C(F)(F)F)cc2)c1. The molecular weight excluding hydrogens is 487 g/mol. The number of ether oxygens (including phenoxy) is 1. The number of carboxylic acid groups (broad SMARTS) is 1. The fraction of sp³-hybridized carbons (Fsp3) is 0.308. The van der Waals surface area contributed by atoms with Gasteiger partial charge in [-0.1, -0.05) is 35.9 Å². The van der Waals surface area contributed by atoms with E-state index in [-0.39, 0.29) is 18.2 Å². The van der Waals surface area contributed by atoms with E-state index in [0.29, 0.717) is 48.8 Å². The molecule has 0 bridgehead atoms. The van der Waals surface area contributed by atoms with Gasteiger partial charge in [-0.3, -0.25) is 0 Å². The highest BCUT2D eigenvalue weighted by Crippen LogP contribution is 2.32. The van der Waals surface area contributed by atoms with Crippen molar-refractivity contribution in [2.45, 2.75) is 38.5 Å². The highest BCUT2D eigenvalue weighted by Gasteiger charge is 2.30. The van der Waals surface area contributed by atoms with Crippen LogP contribution in [0.3, 0.4) is 0 Å². The monoisotopic (exact) mass is 511 g/mol. The van der Waals surface area contributed by atoms with Crippen molar-refractivity contribution >= 4 is 23.0 Å². The Morgan fingerprint density at radius 1 is 1.11 bits per heavy atom. The number of imidazole rings is 1. The van der Waals surface area contributed by atoms with Gasteiger partial charge in [0.1, 0.15) is 11.3 Å². The first-order valence-corrected chi connectivity index (χ1v) is 11.8. The molecular formula is C26H24F3N5O3. The Hall–Kier alpha value is -3.99. The number of carbonyl (C=O) groups is 1. The molecule has 8 nitrogen and oxygen atoms in total. The van der Waals surface area contributed by atoms with Gasteiger partial charge in [-0.05, 0) is 43.5 Å². The summed E-state index contributed by atoms with van der Waals surface area (Å²) in [7, 11) is 0. The van der Waals surface area contributed by atoms with Gasteiger partial charge in [-0.2, -0.15) is 13.2 Å². The summed E-state index contributed by atoms with van der Waals surface area (Å²) in [5.74, 6) is -0.860. The predicted molar refractivity (Wildman–Crippen MR) is 130 cm³/mol. The molecule has 192 valence electrons. The minimum Gasteiger partial charge on any atom is -0.475 e. The van der Waals surface area contributed by atoms with Crippen molar-refractivity contribution in [3.05, 3.63) is 71.0 Å². The van der Waals surface area contributed by atoms with E-state index in [4.69, 9.17) is 4.74 Å². The summed E-state index contributed by atoms with van der Waals surface area (Å²) in [5, 5.41) is 13.0. The van der Waals surface area contributed by atoms with Crippen LogP contribution in [0.25, 0.3) is 22.6 Å². The van der Waals surface area contributed by atoms with Crippen molar-refractivity contribution in [2.24, 2.45) is 0 Å². The number of halogens is 3. The molecule has 1 aliphatic rings. The lowest BCUT2D eigenvalue weighted by Gasteiger charge is -2.24. The molecule has 0 radical (unpaired) electrons. The molecule has 0 atom stereocenters. The van der Waals surface area contributed by atoms with Crippen LogP contribution in [-0.4, -0.2) is 49.9 Å². The minimum atomic E-state index is -4.44. The number of alkyl halides is 3. The van der Waals surface area contributed by atoms with Gasteiger partial charge >= 0.3 is 12.1 Å². The van der Waals surface area contributed by atoms with E-state index < -0.39 is 23.5 Å². The van der Waals surface area contributed by atoms with Crippen LogP contribution in [0.2, 0.25) is 0 Å². The fourth-order valence-electron chi connectivity index (χ4n) is 4.41. The molecule has 5 rings (SSSR count). The van der Waals surface area contributed by atoms with Crippen LogP contribution in [0.1, 0.15) is 40.2 Å². The van der Waals surface area contributed by atoms with Crippen LogP contribution >= 0.6 is 0 Å². The van der Waals surface area contributed by atoms with Gasteiger partial charge in [0.15, 0.2) is 11.5 Å². The number of aromatic nitrogens is 4. The van der Waals surface area contributed by atoms with Gasteiger partial charge in [-0.15, -0.1) is 0 Å². The first-order valence-electron chi connectivity index (χ1n) is 11.8. The maximum absolute atomic E-state index is 13.1. The van der Waals surface area contributed by atoms with Crippen molar-refractivity contribution in [3.8, 4) is 11.4 Å². The summed E-state index contributed by atoms with van der Waals surface area (Å²) in [5.41, 5.74) is 2.29. The van der Waals surface area contributed by atoms with E-state index in [1.165, 1.54) is 12.1 Å². The van der Waals surface area contributed by atoms with Crippen LogP contribution in [0, 0.1) is 6.92 Å². The molecule has 4 aromatic rings. The van der Waals surface area contributed by atoms with Crippen molar-refractivity contribution in [1.29, 1.82) is 0 Å². The van der Waals surface area contributed by atoms with Crippen molar-refractivity contribution in [1.82, 2.24) is 19.5 Å². The van der Waals surface area contributed by atoms with E-state index in [1.807, 2.05) is 35.8 Å². The van der Waals surface area contributed by atoms with Crippen molar-refractivity contribution in [3.63, 3.8) is 0 Å². The fourth-order valence-corrected chi connectivity index (χ4v) is 4.41. The number of hydrogen-bond donors (Lipinski definition) is 2. The first-order chi connectivity index (χ1) is 17.7. The smallest absolute Gasteiger partial charge is 0.416 e. The van der Waals surface area contributed by atoms with E-state index >= 15 is 0 Å². The number of aromatic carboxylic acids is 1. The molecule has 0 unspecified atom stereocenters. The number of rotatable bonds is 6. The Morgan fingerprint density at radius 2 is 1.84 bits per heavy atom. The van der Waals surface area contributed by atoms with Crippen LogP contribution in [-0.2, 0) is 17.5 Å². The Morgan fingerprint density at radius 3 is 2.49 bits per heavy atom. The lowest BCUT2D eigenvalue weighted by atomic mass is 10.1. The molecule has 0 saturated carbocycles. The number of benzene rings is 2. The number of carboxylic acids is 1. The third kappa shape index (κ3) is 5.26. The first kappa shape index (κ1) is 24.7. The molecule has 2 N–H and O–H groups in total. The average Bonchev–Trinajstić information content (AvgIpc) is 3.23. The number of anilines is 1. The number of nitrogens with zero attached hydrogens (tertiary/aromatic N) is 4. The summed E-state index contributed by atoms with van der Waals surface area (Å²) < 4.78 is 46.6. The molecule has 3 heterocycles. The van der Waals surface area contributed by atoms with Crippen LogP contribution < -0.4 is 5.32 Å². The Kier molecular flexibility index (Phi) is 6.55. The maximum Gasteiger partial charge on any atom is 0.416 e. The molecule has 37 heavy (non-hydrogen) atoms. The molecule has 2 aromatic heterocycles. The third-order valence-electron chi connectivity index (χ3n) is 6.25. The molecule has 2 aromatic carbocycles. The molecule has 1 fully saturated rings. The van der Waals surface area contributed by atoms with E-state index in [0.717, 1.165) is 23.3 Å². The average molecular weight is 512 g/mol. The maximum atomic E-state index is 13.1. The largest absolute Gasteiger partial charge is 0.475 e. The zero-order valence-electron chi connectivity index (χ0n) is 19.9.